The molecular formula is C27H28ClN3O2. The first-order valence-corrected chi connectivity index (χ1v) is 11.8. The van der Waals surface area contributed by atoms with Crippen LogP contribution in [0.1, 0.15) is 36.0 Å². The maximum atomic E-state index is 11.1. The number of nitrogens with zero attached hydrogens (tertiary/aromatic N) is 2. The van der Waals surface area contributed by atoms with E-state index >= 15 is 0 Å². The molecule has 0 unspecified atom stereocenters. The third-order valence-electron chi connectivity index (χ3n) is 6.76. The van der Waals surface area contributed by atoms with Gasteiger partial charge in [0.25, 0.3) is 0 Å². The van der Waals surface area contributed by atoms with Crippen molar-refractivity contribution < 1.29 is 9.84 Å². The third-order valence-corrected chi connectivity index (χ3v) is 7.01. The second-order valence-electron chi connectivity index (χ2n) is 8.86. The molecule has 2 aliphatic heterocycles. The highest BCUT2D eigenvalue weighted by Crippen LogP contribution is 2.40. The molecule has 170 valence electrons. The molecular weight excluding hydrogens is 434 g/mol. The van der Waals surface area contributed by atoms with Gasteiger partial charge in [0.15, 0.2) is 0 Å². The second kappa shape index (κ2) is 9.18. The summed E-state index contributed by atoms with van der Waals surface area (Å²) in [6.45, 7) is 2.66. The zero-order valence-corrected chi connectivity index (χ0v) is 19.3. The van der Waals surface area contributed by atoms with Gasteiger partial charge in [-0.3, -0.25) is 0 Å². The molecule has 3 N–H and O–H groups in total. The summed E-state index contributed by atoms with van der Waals surface area (Å²) in [5.74, 6) is 1.40. The predicted octanol–water partition coefficient (Wildman–Crippen LogP) is 5.42. The van der Waals surface area contributed by atoms with Crippen molar-refractivity contribution in [2.24, 2.45) is 0 Å². The highest BCUT2D eigenvalue weighted by atomic mass is 35.5. The van der Waals surface area contributed by atoms with E-state index < -0.39 is 5.60 Å². The van der Waals surface area contributed by atoms with Crippen molar-refractivity contribution in [1.29, 1.82) is 0 Å². The van der Waals surface area contributed by atoms with Crippen LogP contribution in [-0.4, -0.2) is 34.6 Å². The SMILES string of the molecule is Nc1cccc2c1CC(=CCCN1CCC(O)(c3ccc(Cl)cc3)CC1)c1cccnc1O2. The standard InChI is InChI=1S/C27H28ClN3O2/c28-21-10-8-20(9-11-21)27(32)12-16-31(17-13-27)15-3-4-19-18-23-24(29)6-1-7-25(23)33-26-22(19)5-2-14-30-26/h1-2,4-11,14,32H,3,12-13,15-18,29H2. The molecule has 1 saturated heterocycles. The minimum atomic E-state index is -0.774. The number of pyridine rings is 1. The fourth-order valence-corrected chi connectivity index (χ4v) is 4.90. The zero-order valence-electron chi connectivity index (χ0n) is 18.5. The lowest BCUT2D eigenvalue weighted by Gasteiger charge is -2.38. The average Bonchev–Trinajstić information content (AvgIpc) is 2.98. The van der Waals surface area contributed by atoms with Crippen LogP contribution < -0.4 is 10.5 Å². The third kappa shape index (κ3) is 4.62. The maximum Gasteiger partial charge on any atom is 0.226 e. The Hall–Kier alpha value is -2.86. The predicted molar refractivity (Wildman–Crippen MR) is 132 cm³/mol. The Morgan fingerprint density at radius 1 is 1.09 bits per heavy atom. The van der Waals surface area contributed by atoms with Gasteiger partial charge in [-0.25, -0.2) is 4.98 Å². The Morgan fingerprint density at radius 2 is 1.88 bits per heavy atom. The van der Waals surface area contributed by atoms with Gasteiger partial charge in [-0.05, 0) is 66.8 Å². The van der Waals surface area contributed by atoms with E-state index in [0.717, 1.165) is 73.4 Å². The van der Waals surface area contributed by atoms with E-state index in [9.17, 15) is 5.11 Å². The van der Waals surface area contributed by atoms with Crippen LogP contribution in [0.25, 0.3) is 5.57 Å². The number of hydrogen-bond acceptors (Lipinski definition) is 5. The lowest BCUT2D eigenvalue weighted by molar-refractivity contribution is -0.0254. The Balaban J connectivity index is 1.27. The number of likely N-dealkylation sites (tertiary alicyclic amines) is 1. The minimum absolute atomic E-state index is 0.624. The van der Waals surface area contributed by atoms with Gasteiger partial charge in [0.2, 0.25) is 5.88 Å². The van der Waals surface area contributed by atoms with Crippen LogP contribution in [0.2, 0.25) is 5.02 Å². The topological polar surface area (TPSA) is 71.6 Å². The van der Waals surface area contributed by atoms with E-state index in [0.29, 0.717) is 10.9 Å². The van der Waals surface area contributed by atoms with Crippen molar-refractivity contribution in [3.63, 3.8) is 0 Å². The lowest BCUT2D eigenvalue weighted by atomic mass is 9.84. The summed E-state index contributed by atoms with van der Waals surface area (Å²) in [5.41, 5.74) is 10.4. The number of nitrogen functional groups attached to an aromatic ring is 1. The monoisotopic (exact) mass is 461 g/mol. The minimum Gasteiger partial charge on any atom is -0.438 e. The molecule has 1 fully saturated rings. The number of aliphatic hydroxyl groups is 1. The number of piperidine rings is 1. The van der Waals surface area contributed by atoms with Crippen LogP contribution in [0.3, 0.4) is 0 Å². The van der Waals surface area contributed by atoms with Crippen LogP contribution in [0, 0.1) is 0 Å². The molecule has 33 heavy (non-hydrogen) atoms. The van der Waals surface area contributed by atoms with Gasteiger partial charge < -0.3 is 20.5 Å². The molecule has 0 saturated carbocycles. The number of benzene rings is 2. The Kier molecular flexibility index (Phi) is 6.11. The van der Waals surface area contributed by atoms with E-state index in [1.807, 2.05) is 48.5 Å². The number of nitrogens with two attached hydrogens (primary N) is 1. The summed E-state index contributed by atoms with van der Waals surface area (Å²) in [4.78, 5) is 6.87. The Bertz CT molecular complexity index is 1170. The first kappa shape index (κ1) is 22.0. The molecule has 0 bridgehead atoms. The summed E-state index contributed by atoms with van der Waals surface area (Å²) in [6.07, 6.45) is 7.10. The van der Waals surface area contributed by atoms with Crippen LogP contribution in [-0.2, 0) is 12.0 Å². The summed E-state index contributed by atoms with van der Waals surface area (Å²) in [7, 11) is 0. The summed E-state index contributed by atoms with van der Waals surface area (Å²) in [6, 6.07) is 17.3. The van der Waals surface area contributed by atoms with Crippen molar-refractivity contribution in [3.05, 3.63) is 88.6 Å². The Morgan fingerprint density at radius 3 is 2.67 bits per heavy atom. The summed E-state index contributed by atoms with van der Waals surface area (Å²) < 4.78 is 6.10. The molecule has 0 atom stereocenters. The maximum absolute atomic E-state index is 11.1. The zero-order chi connectivity index (χ0) is 22.8. The number of ether oxygens (including phenoxy) is 1. The van der Waals surface area contributed by atoms with Crippen molar-refractivity contribution in [2.45, 2.75) is 31.3 Å². The van der Waals surface area contributed by atoms with E-state index in [-0.39, 0.29) is 0 Å². The summed E-state index contributed by atoms with van der Waals surface area (Å²) in [5, 5.41) is 11.8. The molecule has 2 aromatic carbocycles. The van der Waals surface area contributed by atoms with Gasteiger partial charge in [0, 0.05) is 54.1 Å². The van der Waals surface area contributed by atoms with Gasteiger partial charge in [-0.2, -0.15) is 0 Å². The number of fused-ring (bicyclic) bond motifs is 2. The number of allylic oxidation sites excluding steroid dienone is 1. The molecule has 0 spiro atoms. The molecule has 6 heteroatoms. The molecule has 0 aliphatic carbocycles. The van der Waals surface area contributed by atoms with Crippen LogP contribution in [0.5, 0.6) is 11.6 Å². The van der Waals surface area contributed by atoms with E-state index in [2.05, 4.69) is 22.0 Å². The van der Waals surface area contributed by atoms with Crippen molar-refractivity contribution in [1.82, 2.24) is 9.88 Å². The highest BCUT2D eigenvalue weighted by Gasteiger charge is 2.33. The van der Waals surface area contributed by atoms with Gasteiger partial charge in [0.05, 0.1) is 5.60 Å². The molecule has 0 amide bonds. The van der Waals surface area contributed by atoms with E-state index in [4.69, 9.17) is 22.1 Å². The first-order chi connectivity index (χ1) is 16.0. The van der Waals surface area contributed by atoms with Gasteiger partial charge in [-0.15, -0.1) is 0 Å². The first-order valence-electron chi connectivity index (χ1n) is 11.4. The fourth-order valence-electron chi connectivity index (χ4n) is 4.77. The lowest BCUT2D eigenvalue weighted by Crippen LogP contribution is -2.42. The van der Waals surface area contributed by atoms with Crippen molar-refractivity contribution >= 4 is 22.9 Å². The fraction of sp³-hybridized carbons (Fsp3) is 0.296. The average molecular weight is 462 g/mol. The number of halogens is 1. The molecule has 3 heterocycles. The van der Waals surface area contributed by atoms with E-state index in [1.54, 1.807) is 6.20 Å². The van der Waals surface area contributed by atoms with Gasteiger partial charge >= 0.3 is 0 Å². The molecule has 2 aliphatic rings. The van der Waals surface area contributed by atoms with Crippen molar-refractivity contribution in [2.75, 3.05) is 25.4 Å². The van der Waals surface area contributed by atoms with Crippen LogP contribution >= 0.6 is 11.6 Å². The summed E-state index contributed by atoms with van der Waals surface area (Å²) >= 11 is 6.00. The van der Waals surface area contributed by atoms with Crippen LogP contribution in [0.4, 0.5) is 5.69 Å². The molecule has 5 rings (SSSR count). The smallest absolute Gasteiger partial charge is 0.226 e. The molecule has 0 radical (unpaired) electrons. The number of hydrogen-bond donors (Lipinski definition) is 2. The molecule has 5 nitrogen and oxygen atoms in total. The normalized spacial score (nSPS) is 18.8. The number of anilines is 1. The number of rotatable bonds is 4. The largest absolute Gasteiger partial charge is 0.438 e. The Labute approximate surface area is 199 Å². The van der Waals surface area contributed by atoms with Crippen molar-refractivity contribution in [3.8, 4) is 11.6 Å². The highest BCUT2D eigenvalue weighted by molar-refractivity contribution is 6.30. The second-order valence-corrected chi connectivity index (χ2v) is 9.29. The van der Waals surface area contributed by atoms with Gasteiger partial charge in [0.1, 0.15) is 5.75 Å². The van der Waals surface area contributed by atoms with E-state index in [1.165, 1.54) is 5.57 Å². The number of aromatic nitrogens is 1. The molecule has 3 aromatic rings. The quantitative estimate of drug-likeness (QED) is 0.507. The molecule has 1 aromatic heterocycles. The van der Waals surface area contributed by atoms with Gasteiger partial charge in [-0.1, -0.05) is 35.9 Å². The van der Waals surface area contributed by atoms with Crippen LogP contribution in [0.15, 0.2) is 66.9 Å².